The minimum atomic E-state index is 1.11. The summed E-state index contributed by atoms with van der Waals surface area (Å²) in [4.78, 5) is 2.35. The molecule has 2 heteroatoms. The molecule has 1 nitrogen and oxygen atoms in total. The van der Waals surface area contributed by atoms with Gasteiger partial charge in [0.2, 0.25) is 0 Å². The maximum absolute atomic E-state index is 2.35. The van der Waals surface area contributed by atoms with Crippen LogP contribution in [0.25, 0.3) is 97.4 Å². The van der Waals surface area contributed by atoms with Gasteiger partial charge >= 0.3 is 0 Å². The summed E-state index contributed by atoms with van der Waals surface area (Å²) in [6.07, 6.45) is 0. The van der Waals surface area contributed by atoms with E-state index in [2.05, 4.69) is 254 Å². The molecule has 12 rings (SSSR count). The minimum Gasteiger partial charge on any atom is -0.310 e. The Morgan fingerprint density at radius 1 is 0.234 bits per heavy atom. The van der Waals surface area contributed by atoms with E-state index in [0.717, 1.165) is 17.1 Å². The normalized spacial score (nSPS) is 11.4. The Balaban J connectivity index is 0.849. The molecule has 0 amide bonds. The Labute approximate surface area is 377 Å². The van der Waals surface area contributed by atoms with Crippen LogP contribution in [0.4, 0.5) is 17.1 Å². The van der Waals surface area contributed by atoms with Gasteiger partial charge in [-0.2, -0.15) is 0 Å². The van der Waals surface area contributed by atoms with Crippen molar-refractivity contribution in [2.75, 3.05) is 4.90 Å². The first-order valence-electron chi connectivity index (χ1n) is 21.9. The molecule has 0 atom stereocenters. The fourth-order valence-electron chi connectivity index (χ4n) is 9.44. The van der Waals surface area contributed by atoms with Crippen LogP contribution in [0.5, 0.6) is 0 Å². The third kappa shape index (κ3) is 6.82. The monoisotopic (exact) mass is 831 g/mol. The molecular formula is C62H41NS. The molecule has 12 aromatic rings. The first-order valence-corrected chi connectivity index (χ1v) is 22.7. The highest BCUT2D eigenvalue weighted by molar-refractivity contribution is 7.26. The summed E-state index contributed by atoms with van der Waals surface area (Å²) in [5.41, 5.74) is 15.6. The molecule has 0 unspecified atom stereocenters. The van der Waals surface area contributed by atoms with Crippen molar-refractivity contribution < 1.29 is 0 Å². The van der Waals surface area contributed by atoms with Crippen LogP contribution in [0.3, 0.4) is 0 Å². The van der Waals surface area contributed by atoms with Crippen molar-refractivity contribution in [3.05, 3.63) is 249 Å². The number of anilines is 3. The lowest BCUT2D eigenvalue weighted by molar-refractivity contribution is 1.29. The molecule has 0 radical (unpaired) electrons. The average Bonchev–Trinajstić information content (AvgIpc) is 3.77. The molecule has 0 aliphatic carbocycles. The molecule has 300 valence electrons. The topological polar surface area (TPSA) is 3.24 Å². The minimum absolute atomic E-state index is 1.11. The van der Waals surface area contributed by atoms with E-state index in [4.69, 9.17) is 0 Å². The van der Waals surface area contributed by atoms with Gasteiger partial charge in [0, 0.05) is 42.8 Å². The van der Waals surface area contributed by atoms with E-state index in [1.54, 1.807) is 0 Å². The number of hydrogen-bond acceptors (Lipinski definition) is 2. The molecule has 11 aromatic carbocycles. The van der Waals surface area contributed by atoms with Gasteiger partial charge in [0.1, 0.15) is 0 Å². The zero-order valence-electron chi connectivity index (χ0n) is 35.0. The summed E-state index contributed by atoms with van der Waals surface area (Å²) in [5, 5.41) is 7.62. The van der Waals surface area contributed by atoms with E-state index < -0.39 is 0 Å². The SMILES string of the molecule is c1ccc(-c2ccc(N(c3ccc(-c4ccc(-c5cccc(-c6cccc7c6sc6c(-c8cccc9ccccc89)cccc67)c5)cc4)cc3)c3ccc4ccccc4c3)cc2)cc1. The van der Waals surface area contributed by atoms with E-state index >= 15 is 0 Å². The van der Waals surface area contributed by atoms with Gasteiger partial charge in [0.15, 0.2) is 0 Å². The predicted octanol–water partition coefficient (Wildman–Crippen LogP) is 18.2. The quantitative estimate of drug-likeness (QED) is 0.147. The van der Waals surface area contributed by atoms with Crippen molar-refractivity contribution in [2.24, 2.45) is 0 Å². The van der Waals surface area contributed by atoms with E-state index in [1.807, 2.05) is 11.3 Å². The van der Waals surface area contributed by atoms with Crippen LogP contribution in [-0.4, -0.2) is 0 Å². The highest BCUT2D eigenvalue weighted by atomic mass is 32.1. The molecule has 1 aromatic heterocycles. The summed E-state index contributed by atoms with van der Waals surface area (Å²) in [5.74, 6) is 0. The van der Waals surface area contributed by atoms with Crippen molar-refractivity contribution in [3.63, 3.8) is 0 Å². The van der Waals surface area contributed by atoms with Gasteiger partial charge in [-0.15, -0.1) is 11.3 Å². The number of nitrogens with zero attached hydrogens (tertiary/aromatic N) is 1. The summed E-state index contributed by atoms with van der Waals surface area (Å²) >= 11 is 1.91. The molecule has 0 saturated heterocycles. The average molecular weight is 832 g/mol. The van der Waals surface area contributed by atoms with Crippen molar-refractivity contribution in [3.8, 4) is 55.6 Å². The highest BCUT2D eigenvalue weighted by Crippen LogP contribution is 2.45. The molecule has 64 heavy (non-hydrogen) atoms. The third-order valence-corrected chi connectivity index (χ3v) is 14.0. The van der Waals surface area contributed by atoms with Crippen LogP contribution >= 0.6 is 11.3 Å². The standard InChI is InChI=1S/C62H41NS/c1-2-12-42(13-3-1)45-30-35-52(36-31-45)63(54-39-34-43-14-4-5-16-50(43)41-54)53-37-32-46(33-38-53)44-26-28-47(29-27-44)49-18-8-19-51(40-49)56-21-10-24-59-60-25-11-23-58(62(60)64-61(56)59)57-22-9-17-48-15-6-7-20-55(48)57/h1-41H. The van der Waals surface area contributed by atoms with Gasteiger partial charge in [-0.1, -0.05) is 206 Å². The zero-order chi connectivity index (χ0) is 42.4. The Kier molecular flexibility index (Phi) is 9.43. The van der Waals surface area contributed by atoms with Crippen LogP contribution < -0.4 is 4.90 Å². The molecule has 0 aliphatic heterocycles. The number of thiophene rings is 1. The highest BCUT2D eigenvalue weighted by Gasteiger charge is 2.17. The first-order chi connectivity index (χ1) is 31.7. The molecule has 0 spiro atoms. The summed E-state index contributed by atoms with van der Waals surface area (Å²) < 4.78 is 2.66. The fraction of sp³-hybridized carbons (Fsp3) is 0. The second-order valence-electron chi connectivity index (χ2n) is 16.5. The van der Waals surface area contributed by atoms with Gasteiger partial charge in [0.25, 0.3) is 0 Å². The first kappa shape index (κ1) is 37.7. The molecule has 0 aliphatic rings. The molecule has 0 N–H and O–H groups in total. The van der Waals surface area contributed by atoms with E-state index in [-0.39, 0.29) is 0 Å². The van der Waals surface area contributed by atoms with Crippen LogP contribution in [0.15, 0.2) is 249 Å². The van der Waals surface area contributed by atoms with Crippen molar-refractivity contribution in [1.29, 1.82) is 0 Å². The van der Waals surface area contributed by atoms with Gasteiger partial charge in [-0.05, 0) is 114 Å². The van der Waals surface area contributed by atoms with Crippen molar-refractivity contribution >= 4 is 70.1 Å². The molecular weight excluding hydrogens is 791 g/mol. The van der Waals surface area contributed by atoms with Crippen molar-refractivity contribution in [2.45, 2.75) is 0 Å². The second kappa shape index (κ2) is 16.0. The third-order valence-electron chi connectivity index (χ3n) is 12.7. The maximum atomic E-state index is 2.35. The number of benzene rings is 11. The Morgan fingerprint density at radius 3 is 1.38 bits per heavy atom. The maximum Gasteiger partial charge on any atom is 0.0468 e. The largest absolute Gasteiger partial charge is 0.310 e. The van der Waals surface area contributed by atoms with Crippen LogP contribution in [0.1, 0.15) is 0 Å². The number of rotatable bonds is 8. The van der Waals surface area contributed by atoms with Gasteiger partial charge < -0.3 is 4.90 Å². The Morgan fingerprint density at radius 2 is 0.672 bits per heavy atom. The van der Waals surface area contributed by atoms with E-state index in [9.17, 15) is 0 Å². The van der Waals surface area contributed by atoms with Crippen LogP contribution in [0.2, 0.25) is 0 Å². The molecule has 0 bridgehead atoms. The predicted molar refractivity (Wildman–Crippen MR) is 276 cm³/mol. The van der Waals surface area contributed by atoms with Crippen LogP contribution in [0, 0.1) is 0 Å². The smallest absolute Gasteiger partial charge is 0.0468 e. The Bertz CT molecular complexity index is 3630. The van der Waals surface area contributed by atoms with Gasteiger partial charge in [-0.25, -0.2) is 0 Å². The van der Waals surface area contributed by atoms with Gasteiger partial charge in [-0.3, -0.25) is 0 Å². The lowest BCUT2D eigenvalue weighted by Gasteiger charge is -2.26. The second-order valence-corrected chi connectivity index (χ2v) is 17.5. The summed E-state index contributed by atoms with van der Waals surface area (Å²) in [6, 6.07) is 90.7. The molecule has 1 heterocycles. The molecule has 0 fully saturated rings. The van der Waals surface area contributed by atoms with Crippen molar-refractivity contribution in [1.82, 2.24) is 0 Å². The van der Waals surface area contributed by atoms with Crippen LogP contribution in [-0.2, 0) is 0 Å². The number of fused-ring (bicyclic) bond motifs is 5. The molecule has 0 saturated carbocycles. The number of hydrogen-bond donors (Lipinski definition) is 0. The fourth-order valence-corrected chi connectivity index (χ4v) is 10.8. The summed E-state index contributed by atoms with van der Waals surface area (Å²) in [6.45, 7) is 0. The van der Waals surface area contributed by atoms with Gasteiger partial charge in [0.05, 0.1) is 0 Å². The Hall–Kier alpha value is -8.04. The summed E-state index contributed by atoms with van der Waals surface area (Å²) in [7, 11) is 0. The van der Waals surface area contributed by atoms with E-state index in [1.165, 1.54) is 97.4 Å². The zero-order valence-corrected chi connectivity index (χ0v) is 35.8. The lowest BCUT2D eigenvalue weighted by Crippen LogP contribution is -2.09. The van der Waals surface area contributed by atoms with E-state index in [0.29, 0.717) is 0 Å². The lowest BCUT2D eigenvalue weighted by atomic mass is 9.95.